The van der Waals surface area contributed by atoms with Crippen LogP contribution in [0.5, 0.6) is 0 Å². The Morgan fingerprint density at radius 3 is 2.40 bits per heavy atom. The standard InChI is InChI=1S/C16H26N2O2/c1-11(19)17-15-4-6-18(7-5-15)16(20)10-14-9-12-2-3-13(14)8-12/h12-15H,2-10H2,1H3,(H,17,19). The third-order valence-electron chi connectivity index (χ3n) is 5.58. The molecule has 1 saturated heterocycles. The van der Waals surface area contributed by atoms with Crippen LogP contribution >= 0.6 is 0 Å². The first-order chi connectivity index (χ1) is 9.61. The summed E-state index contributed by atoms with van der Waals surface area (Å²) in [5.74, 6) is 2.80. The Kier molecular flexibility index (Phi) is 3.99. The minimum Gasteiger partial charge on any atom is -0.353 e. The Morgan fingerprint density at radius 2 is 1.85 bits per heavy atom. The number of hydrogen-bond acceptors (Lipinski definition) is 2. The molecule has 2 bridgehead atoms. The molecule has 0 radical (unpaired) electrons. The molecule has 0 spiro atoms. The van der Waals surface area contributed by atoms with E-state index in [1.807, 2.05) is 4.90 Å². The van der Waals surface area contributed by atoms with Gasteiger partial charge in [-0.2, -0.15) is 0 Å². The van der Waals surface area contributed by atoms with Gasteiger partial charge in [-0.1, -0.05) is 6.42 Å². The lowest BCUT2D eigenvalue weighted by molar-refractivity contribution is -0.133. The van der Waals surface area contributed by atoms with E-state index >= 15 is 0 Å². The molecule has 0 aromatic heterocycles. The number of likely N-dealkylation sites (tertiary alicyclic amines) is 1. The molecular formula is C16H26N2O2. The summed E-state index contributed by atoms with van der Waals surface area (Å²) >= 11 is 0. The predicted octanol–water partition coefficient (Wildman–Crippen LogP) is 1.94. The number of piperidine rings is 1. The van der Waals surface area contributed by atoms with E-state index in [0.717, 1.165) is 44.2 Å². The topological polar surface area (TPSA) is 49.4 Å². The molecule has 0 aromatic rings. The van der Waals surface area contributed by atoms with Crippen LogP contribution in [0.2, 0.25) is 0 Å². The second-order valence-electron chi connectivity index (χ2n) is 6.99. The lowest BCUT2D eigenvalue weighted by atomic mass is 9.86. The summed E-state index contributed by atoms with van der Waals surface area (Å²) in [5, 5.41) is 2.96. The van der Waals surface area contributed by atoms with Crippen molar-refractivity contribution in [3.05, 3.63) is 0 Å². The molecule has 3 aliphatic rings. The Morgan fingerprint density at radius 1 is 1.10 bits per heavy atom. The molecule has 2 aliphatic carbocycles. The van der Waals surface area contributed by atoms with Gasteiger partial charge in [0, 0.05) is 32.5 Å². The molecule has 3 fully saturated rings. The van der Waals surface area contributed by atoms with E-state index in [1.54, 1.807) is 6.92 Å². The van der Waals surface area contributed by atoms with Crippen LogP contribution in [0, 0.1) is 17.8 Å². The van der Waals surface area contributed by atoms with Crippen LogP contribution < -0.4 is 5.32 Å². The van der Waals surface area contributed by atoms with Crippen molar-refractivity contribution in [2.24, 2.45) is 17.8 Å². The van der Waals surface area contributed by atoms with Gasteiger partial charge in [-0.3, -0.25) is 9.59 Å². The van der Waals surface area contributed by atoms with E-state index in [1.165, 1.54) is 25.7 Å². The van der Waals surface area contributed by atoms with E-state index in [-0.39, 0.29) is 11.9 Å². The lowest BCUT2D eigenvalue weighted by Gasteiger charge is -2.33. The second kappa shape index (κ2) is 5.74. The molecule has 1 heterocycles. The number of hydrogen-bond donors (Lipinski definition) is 1. The van der Waals surface area contributed by atoms with Crippen molar-refractivity contribution in [3.8, 4) is 0 Å². The maximum Gasteiger partial charge on any atom is 0.222 e. The maximum atomic E-state index is 12.4. The van der Waals surface area contributed by atoms with E-state index in [2.05, 4.69) is 5.32 Å². The van der Waals surface area contributed by atoms with Crippen molar-refractivity contribution in [1.82, 2.24) is 10.2 Å². The summed E-state index contributed by atoms with van der Waals surface area (Å²) in [4.78, 5) is 25.5. The van der Waals surface area contributed by atoms with Crippen LogP contribution in [0.25, 0.3) is 0 Å². The number of fused-ring (bicyclic) bond motifs is 2. The van der Waals surface area contributed by atoms with Crippen molar-refractivity contribution in [2.75, 3.05) is 13.1 Å². The molecule has 3 rings (SSSR count). The molecule has 0 aromatic carbocycles. The van der Waals surface area contributed by atoms with Crippen LogP contribution in [0.1, 0.15) is 51.9 Å². The Bertz CT molecular complexity index is 388. The highest BCUT2D eigenvalue weighted by atomic mass is 16.2. The zero-order chi connectivity index (χ0) is 14.1. The number of nitrogens with zero attached hydrogens (tertiary/aromatic N) is 1. The third kappa shape index (κ3) is 2.99. The van der Waals surface area contributed by atoms with Crippen LogP contribution in [-0.2, 0) is 9.59 Å². The molecule has 1 aliphatic heterocycles. The molecule has 3 unspecified atom stereocenters. The monoisotopic (exact) mass is 278 g/mol. The zero-order valence-electron chi connectivity index (χ0n) is 12.4. The first kappa shape index (κ1) is 13.9. The smallest absolute Gasteiger partial charge is 0.222 e. The van der Waals surface area contributed by atoms with Crippen molar-refractivity contribution >= 4 is 11.8 Å². The van der Waals surface area contributed by atoms with Crippen LogP contribution in [0.15, 0.2) is 0 Å². The summed E-state index contributed by atoms with van der Waals surface area (Å²) in [6, 6.07) is 0.263. The van der Waals surface area contributed by atoms with E-state index < -0.39 is 0 Å². The fraction of sp³-hybridized carbons (Fsp3) is 0.875. The minimum absolute atomic E-state index is 0.0387. The van der Waals surface area contributed by atoms with E-state index in [0.29, 0.717) is 11.8 Å². The van der Waals surface area contributed by atoms with E-state index in [9.17, 15) is 9.59 Å². The molecule has 3 atom stereocenters. The van der Waals surface area contributed by atoms with Gasteiger partial charge in [0.1, 0.15) is 0 Å². The molecule has 1 N–H and O–H groups in total. The Balaban J connectivity index is 1.44. The van der Waals surface area contributed by atoms with Gasteiger partial charge >= 0.3 is 0 Å². The summed E-state index contributed by atoms with van der Waals surface area (Å²) in [5.41, 5.74) is 0. The fourth-order valence-corrected chi connectivity index (χ4v) is 4.54. The molecule has 20 heavy (non-hydrogen) atoms. The van der Waals surface area contributed by atoms with Crippen LogP contribution in [0.4, 0.5) is 0 Å². The Hall–Kier alpha value is -1.06. The van der Waals surface area contributed by atoms with Crippen molar-refractivity contribution in [2.45, 2.75) is 57.9 Å². The average molecular weight is 278 g/mol. The zero-order valence-corrected chi connectivity index (χ0v) is 12.4. The number of nitrogens with one attached hydrogen (secondary N) is 1. The van der Waals surface area contributed by atoms with Crippen LogP contribution in [-0.4, -0.2) is 35.8 Å². The highest BCUT2D eigenvalue weighted by molar-refractivity contribution is 5.77. The van der Waals surface area contributed by atoms with Gasteiger partial charge in [-0.25, -0.2) is 0 Å². The second-order valence-corrected chi connectivity index (χ2v) is 6.99. The first-order valence-electron chi connectivity index (χ1n) is 8.16. The molecule has 2 amide bonds. The van der Waals surface area contributed by atoms with E-state index in [4.69, 9.17) is 0 Å². The molecule has 2 saturated carbocycles. The van der Waals surface area contributed by atoms with Gasteiger partial charge in [-0.05, 0) is 49.9 Å². The number of amides is 2. The normalized spacial score (nSPS) is 33.5. The van der Waals surface area contributed by atoms with Crippen molar-refractivity contribution < 1.29 is 9.59 Å². The van der Waals surface area contributed by atoms with Crippen molar-refractivity contribution in [1.29, 1.82) is 0 Å². The SMILES string of the molecule is CC(=O)NC1CCN(C(=O)CC2CC3CCC2C3)CC1. The fourth-order valence-electron chi connectivity index (χ4n) is 4.54. The summed E-state index contributed by atoms with van der Waals surface area (Å²) in [7, 11) is 0. The number of rotatable bonds is 3. The molecular weight excluding hydrogens is 252 g/mol. The van der Waals surface area contributed by atoms with Gasteiger partial charge in [0.2, 0.25) is 11.8 Å². The van der Waals surface area contributed by atoms with Gasteiger partial charge in [-0.15, -0.1) is 0 Å². The van der Waals surface area contributed by atoms with Gasteiger partial charge in [0.25, 0.3) is 0 Å². The predicted molar refractivity (Wildman–Crippen MR) is 77.0 cm³/mol. The lowest BCUT2D eigenvalue weighted by Crippen LogP contribution is -2.46. The molecule has 4 heteroatoms. The van der Waals surface area contributed by atoms with Crippen molar-refractivity contribution in [3.63, 3.8) is 0 Å². The van der Waals surface area contributed by atoms with Gasteiger partial charge < -0.3 is 10.2 Å². The molecule has 4 nitrogen and oxygen atoms in total. The summed E-state index contributed by atoms with van der Waals surface area (Å²) in [6.45, 7) is 3.18. The van der Waals surface area contributed by atoms with Crippen LogP contribution in [0.3, 0.4) is 0 Å². The average Bonchev–Trinajstić information content (AvgIpc) is 3.01. The maximum absolute atomic E-state index is 12.4. The highest BCUT2D eigenvalue weighted by Gasteiger charge is 2.40. The largest absolute Gasteiger partial charge is 0.353 e. The van der Waals surface area contributed by atoms with Gasteiger partial charge in [0.05, 0.1) is 0 Å². The quantitative estimate of drug-likeness (QED) is 0.857. The summed E-state index contributed by atoms with van der Waals surface area (Å²) < 4.78 is 0. The first-order valence-corrected chi connectivity index (χ1v) is 8.16. The third-order valence-corrected chi connectivity index (χ3v) is 5.58. The Labute approximate surface area is 121 Å². The number of carbonyl (C=O) groups is 2. The van der Waals surface area contributed by atoms with Gasteiger partial charge in [0.15, 0.2) is 0 Å². The number of carbonyl (C=O) groups excluding carboxylic acids is 2. The highest BCUT2D eigenvalue weighted by Crippen LogP contribution is 2.49. The summed E-state index contributed by atoms with van der Waals surface area (Å²) in [6.07, 6.45) is 8.00. The molecule has 112 valence electrons. The minimum atomic E-state index is 0.0387.